The Morgan fingerprint density at radius 1 is 1.10 bits per heavy atom. The Morgan fingerprint density at radius 2 is 1.90 bits per heavy atom. The molecule has 0 bridgehead atoms. The normalized spacial score (nSPS) is 12.3. The number of benzene rings is 2. The molecule has 0 spiro atoms. The quantitative estimate of drug-likeness (QED) is 0.753. The minimum Gasteiger partial charge on any atom is -0.313 e. The second-order valence-corrected chi connectivity index (χ2v) is 6.08. The van der Waals surface area contributed by atoms with E-state index in [1.807, 2.05) is 18.8 Å². The fourth-order valence-corrected chi connectivity index (χ4v) is 3.50. The highest BCUT2D eigenvalue weighted by atomic mass is 32.2. The summed E-state index contributed by atoms with van der Waals surface area (Å²) in [6.07, 6.45) is 1.11. The molecule has 0 aromatic heterocycles. The first-order valence-corrected chi connectivity index (χ1v) is 8.17. The van der Waals surface area contributed by atoms with Crippen LogP contribution >= 0.6 is 11.8 Å². The van der Waals surface area contributed by atoms with Gasteiger partial charge in [0, 0.05) is 16.7 Å². The highest BCUT2D eigenvalue weighted by Crippen LogP contribution is 2.31. The van der Waals surface area contributed by atoms with Gasteiger partial charge in [-0.15, -0.1) is 11.8 Å². The molecule has 0 fully saturated rings. The zero-order valence-electron chi connectivity index (χ0n) is 12.5. The van der Waals surface area contributed by atoms with Crippen LogP contribution in [0.3, 0.4) is 0 Å². The third kappa shape index (κ3) is 3.87. The van der Waals surface area contributed by atoms with Crippen molar-refractivity contribution < 1.29 is 0 Å². The van der Waals surface area contributed by atoms with Gasteiger partial charge in [-0.05, 0) is 37.6 Å². The molecular formula is C18H23NS. The molecule has 20 heavy (non-hydrogen) atoms. The molecule has 0 saturated heterocycles. The monoisotopic (exact) mass is 285 g/mol. The summed E-state index contributed by atoms with van der Waals surface area (Å²) < 4.78 is 0. The van der Waals surface area contributed by atoms with Crippen LogP contribution in [0.5, 0.6) is 0 Å². The van der Waals surface area contributed by atoms with Crippen molar-refractivity contribution in [3.8, 4) is 0 Å². The molecule has 1 N–H and O–H groups in total. The van der Waals surface area contributed by atoms with Crippen molar-refractivity contribution in [2.75, 3.05) is 7.05 Å². The molecule has 0 radical (unpaired) electrons. The summed E-state index contributed by atoms with van der Waals surface area (Å²) in [5.74, 6) is 1.03. The Morgan fingerprint density at radius 3 is 2.60 bits per heavy atom. The van der Waals surface area contributed by atoms with Gasteiger partial charge in [0.2, 0.25) is 0 Å². The van der Waals surface area contributed by atoms with Gasteiger partial charge in [-0.3, -0.25) is 0 Å². The first-order valence-electron chi connectivity index (χ1n) is 7.19. The molecule has 1 unspecified atom stereocenters. The Bertz CT molecular complexity index is 547. The average Bonchev–Trinajstić information content (AvgIpc) is 2.48. The molecule has 0 aliphatic rings. The maximum atomic E-state index is 3.40. The lowest BCUT2D eigenvalue weighted by molar-refractivity contribution is 0.568. The Labute approximate surface area is 126 Å². The van der Waals surface area contributed by atoms with E-state index in [9.17, 15) is 0 Å². The molecule has 2 aromatic carbocycles. The van der Waals surface area contributed by atoms with Gasteiger partial charge in [0.1, 0.15) is 0 Å². The SMILES string of the molecule is CCC(NC)c1ccccc1SCc1cccc(C)c1. The van der Waals surface area contributed by atoms with Crippen molar-refractivity contribution in [2.45, 2.75) is 37.0 Å². The van der Waals surface area contributed by atoms with Crippen molar-refractivity contribution in [1.82, 2.24) is 5.32 Å². The van der Waals surface area contributed by atoms with E-state index in [2.05, 4.69) is 67.7 Å². The molecule has 1 atom stereocenters. The lowest BCUT2D eigenvalue weighted by atomic mass is 10.1. The molecular weight excluding hydrogens is 262 g/mol. The predicted octanol–water partition coefficient (Wildman–Crippen LogP) is 4.96. The van der Waals surface area contributed by atoms with Crippen molar-refractivity contribution in [2.24, 2.45) is 0 Å². The van der Waals surface area contributed by atoms with Gasteiger partial charge < -0.3 is 5.32 Å². The van der Waals surface area contributed by atoms with E-state index in [1.54, 1.807) is 0 Å². The van der Waals surface area contributed by atoms with Crippen LogP contribution in [-0.4, -0.2) is 7.05 Å². The first-order chi connectivity index (χ1) is 9.74. The van der Waals surface area contributed by atoms with Crippen molar-refractivity contribution >= 4 is 11.8 Å². The predicted molar refractivity (Wildman–Crippen MR) is 89.3 cm³/mol. The Kier molecular flexibility index (Phi) is 5.69. The van der Waals surface area contributed by atoms with E-state index < -0.39 is 0 Å². The fourth-order valence-electron chi connectivity index (χ4n) is 2.44. The van der Waals surface area contributed by atoms with Gasteiger partial charge in [0.15, 0.2) is 0 Å². The van der Waals surface area contributed by atoms with E-state index in [4.69, 9.17) is 0 Å². The van der Waals surface area contributed by atoms with Crippen LogP contribution in [0.2, 0.25) is 0 Å². The number of nitrogens with one attached hydrogen (secondary N) is 1. The standard InChI is InChI=1S/C18H23NS/c1-4-17(19-3)16-10-5-6-11-18(16)20-13-15-9-7-8-14(2)12-15/h5-12,17,19H,4,13H2,1-3H3. The van der Waals surface area contributed by atoms with Crippen LogP contribution in [0.15, 0.2) is 53.4 Å². The Balaban J connectivity index is 2.13. The van der Waals surface area contributed by atoms with Gasteiger partial charge in [-0.25, -0.2) is 0 Å². The zero-order valence-corrected chi connectivity index (χ0v) is 13.3. The molecule has 0 heterocycles. The number of hydrogen-bond donors (Lipinski definition) is 1. The number of hydrogen-bond acceptors (Lipinski definition) is 2. The fraction of sp³-hybridized carbons (Fsp3) is 0.333. The summed E-state index contributed by atoms with van der Waals surface area (Å²) in [6.45, 7) is 4.37. The van der Waals surface area contributed by atoms with Crippen LogP contribution in [0.4, 0.5) is 0 Å². The smallest absolute Gasteiger partial charge is 0.0326 e. The maximum absolute atomic E-state index is 3.40. The van der Waals surface area contributed by atoms with Crippen LogP contribution in [0.25, 0.3) is 0 Å². The second kappa shape index (κ2) is 7.51. The van der Waals surface area contributed by atoms with Crippen molar-refractivity contribution in [1.29, 1.82) is 0 Å². The van der Waals surface area contributed by atoms with Gasteiger partial charge in [0.25, 0.3) is 0 Å². The Hall–Kier alpha value is -1.25. The van der Waals surface area contributed by atoms with Crippen LogP contribution in [0.1, 0.15) is 36.1 Å². The van der Waals surface area contributed by atoms with E-state index >= 15 is 0 Å². The molecule has 2 aromatic rings. The van der Waals surface area contributed by atoms with Crippen LogP contribution in [0, 0.1) is 6.92 Å². The van der Waals surface area contributed by atoms with Crippen molar-refractivity contribution in [3.05, 3.63) is 65.2 Å². The van der Waals surface area contributed by atoms with Gasteiger partial charge in [-0.2, -0.15) is 0 Å². The minimum absolute atomic E-state index is 0.441. The van der Waals surface area contributed by atoms with Crippen LogP contribution < -0.4 is 5.32 Å². The van der Waals surface area contributed by atoms with Gasteiger partial charge >= 0.3 is 0 Å². The maximum Gasteiger partial charge on any atom is 0.0326 e. The van der Waals surface area contributed by atoms with Gasteiger partial charge in [-0.1, -0.05) is 55.0 Å². The van der Waals surface area contributed by atoms with E-state index in [0.717, 1.165) is 12.2 Å². The summed E-state index contributed by atoms with van der Waals surface area (Å²) >= 11 is 1.93. The minimum atomic E-state index is 0.441. The summed E-state index contributed by atoms with van der Waals surface area (Å²) in [7, 11) is 2.04. The summed E-state index contributed by atoms with van der Waals surface area (Å²) in [6, 6.07) is 17.9. The third-order valence-corrected chi connectivity index (χ3v) is 4.69. The number of aryl methyl sites for hydroxylation is 1. The number of rotatable bonds is 6. The average molecular weight is 285 g/mol. The van der Waals surface area contributed by atoms with E-state index in [-0.39, 0.29) is 0 Å². The summed E-state index contributed by atoms with van der Waals surface area (Å²) in [5.41, 5.74) is 4.13. The van der Waals surface area contributed by atoms with E-state index in [0.29, 0.717) is 6.04 Å². The molecule has 1 nitrogen and oxygen atoms in total. The lowest BCUT2D eigenvalue weighted by Gasteiger charge is -2.18. The highest BCUT2D eigenvalue weighted by molar-refractivity contribution is 7.98. The molecule has 2 heteroatoms. The second-order valence-electron chi connectivity index (χ2n) is 5.07. The third-order valence-electron chi connectivity index (χ3n) is 3.53. The summed E-state index contributed by atoms with van der Waals surface area (Å²) in [4.78, 5) is 1.38. The molecule has 0 saturated carbocycles. The zero-order chi connectivity index (χ0) is 14.4. The van der Waals surface area contributed by atoms with E-state index in [1.165, 1.54) is 21.6 Å². The largest absolute Gasteiger partial charge is 0.313 e. The van der Waals surface area contributed by atoms with Crippen molar-refractivity contribution in [3.63, 3.8) is 0 Å². The summed E-state index contributed by atoms with van der Waals surface area (Å²) in [5, 5.41) is 3.40. The van der Waals surface area contributed by atoms with Gasteiger partial charge in [0.05, 0.1) is 0 Å². The number of thioether (sulfide) groups is 1. The molecule has 2 rings (SSSR count). The molecule has 0 aliphatic heterocycles. The molecule has 0 amide bonds. The van der Waals surface area contributed by atoms with Crippen LogP contribution in [-0.2, 0) is 5.75 Å². The molecule has 0 aliphatic carbocycles. The lowest BCUT2D eigenvalue weighted by Crippen LogP contribution is -2.15. The first kappa shape index (κ1) is 15.1. The molecule has 106 valence electrons. The topological polar surface area (TPSA) is 12.0 Å². The highest BCUT2D eigenvalue weighted by Gasteiger charge is 2.11.